The number of rotatable bonds is 5. The molecule has 0 radical (unpaired) electrons. The number of furan rings is 1. The summed E-state index contributed by atoms with van der Waals surface area (Å²) in [5.41, 5.74) is 3.58. The predicted octanol–water partition coefficient (Wildman–Crippen LogP) is 5.37. The molecule has 2 N–H and O–H groups in total. The molecule has 2 amide bonds. The molecule has 0 unspecified atom stereocenters. The Morgan fingerprint density at radius 1 is 1.00 bits per heavy atom. The number of nitrogens with zero attached hydrogens (tertiary/aromatic N) is 1. The van der Waals surface area contributed by atoms with Crippen molar-refractivity contribution >= 4 is 62.8 Å². The molecule has 0 fully saturated rings. The van der Waals surface area contributed by atoms with E-state index in [9.17, 15) is 9.59 Å². The zero-order valence-electron chi connectivity index (χ0n) is 14.1. The van der Waals surface area contributed by atoms with E-state index >= 15 is 0 Å². The van der Waals surface area contributed by atoms with Crippen LogP contribution in [0.5, 0.6) is 0 Å². The smallest absolute Gasteiger partial charge is 0.271 e. The van der Waals surface area contributed by atoms with Crippen LogP contribution in [0.1, 0.15) is 26.5 Å². The highest BCUT2D eigenvalue weighted by Gasteiger charge is 2.11. The quantitative estimate of drug-likeness (QED) is 0.380. The van der Waals surface area contributed by atoms with Gasteiger partial charge in [0.25, 0.3) is 11.8 Å². The molecule has 1 heterocycles. The van der Waals surface area contributed by atoms with Crippen LogP contribution >= 0.6 is 39.1 Å². The van der Waals surface area contributed by atoms with Gasteiger partial charge in [0.2, 0.25) is 0 Å². The van der Waals surface area contributed by atoms with Crippen LogP contribution in [-0.2, 0) is 0 Å². The number of nitrogens with one attached hydrogen (secondary N) is 2. The van der Waals surface area contributed by atoms with E-state index in [1.54, 1.807) is 42.5 Å². The highest BCUT2D eigenvalue weighted by Crippen LogP contribution is 2.22. The van der Waals surface area contributed by atoms with Crippen molar-refractivity contribution in [3.05, 3.63) is 86.2 Å². The number of hydrazone groups is 1. The van der Waals surface area contributed by atoms with Crippen molar-refractivity contribution in [3.63, 3.8) is 0 Å². The van der Waals surface area contributed by atoms with Crippen LogP contribution in [0.2, 0.25) is 10.0 Å². The van der Waals surface area contributed by atoms with Crippen LogP contribution in [-0.4, -0.2) is 18.0 Å². The third-order valence-electron chi connectivity index (χ3n) is 3.53. The van der Waals surface area contributed by atoms with Crippen molar-refractivity contribution in [2.75, 3.05) is 5.32 Å². The molecular formula is C19H12BrCl2N3O3. The molecule has 0 aliphatic rings. The Kier molecular flexibility index (Phi) is 6.51. The highest BCUT2D eigenvalue weighted by molar-refractivity contribution is 9.10. The number of hydrogen-bond donors (Lipinski definition) is 2. The second kappa shape index (κ2) is 9.05. The summed E-state index contributed by atoms with van der Waals surface area (Å²) < 4.78 is 5.80. The number of amides is 2. The van der Waals surface area contributed by atoms with Crippen LogP contribution in [0.25, 0.3) is 0 Å². The predicted molar refractivity (Wildman–Crippen MR) is 112 cm³/mol. The summed E-state index contributed by atoms with van der Waals surface area (Å²) in [6, 6.07) is 14.4. The van der Waals surface area contributed by atoms with Gasteiger partial charge in [-0.25, -0.2) is 5.43 Å². The van der Waals surface area contributed by atoms with Gasteiger partial charge < -0.3 is 9.73 Å². The SMILES string of the molecule is O=C(N/N=C\c1ccc(Br)o1)c1ccc(NC(=O)c2ccc(Cl)cc2Cl)cc1. The number of halogens is 3. The molecule has 28 heavy (non-hydrogen) atoms. The second-order valence-electron chi connectivity index (χ2n) is 5.50. The maximum atomic E-state index is 12.3. The molecule has 0 spiro atoms. The number of hydrogen-bond acceptors (Lipinski definition) is 4. The van der Waals surface area contributed by atoms with E-state index in [0.717, 1.165) is 0 Å². The topological polar surface area (TPSA) is 83.7 Å². The fraction of sp³-hybridized carbons (Fsp3) is 0. The fourth-order valence-electron chi connectivity index (χ4n) is 2.19. The summed E-state index contributed by atoms with van der Waals surface area (Å²) in [5, 5.41) is 7.23. The Labute approximate surface area is 178 Å². The molecule has 9 heteroatoms. The van der Waals surface area contributed by atoms with Crippen LogP contribution in [0.3, 0.4) is 0 Å². The summed E-state index contributed by atoms with van der Waals surface area (Å²) in [4.78, 5) is 24.4. The van der Waals surface area contributed by atoms with Gasteiger partial charge in [-0.05, 0) is 70.5 Å². The van der Waals surface area contributed by atoms with Crippen molar-refractivity contribution in [1.82, 2.24) is 5.43 Å². The summed E-state index contributed by atoms with van der Waals surface area (Å²) >= 11 is 15.0. The first-order valence-corrected chi connectivity index (χ1v) is 9.42. The number of carbonyl (C=O) groups excluding carboxylic acids is 2. The average molecular weight is 481 g/mol. The average Bonchev–Trinajstić information content (AvgIpc) is 3.07. The minimum Gasteiger partial charge on any atom is -0.448 e. The van der Waals surface area contributed by atoms with Gasteiger partial charge in [0.05, 0.1) is 16.8 Å². The molecule has 0 bridgehead atoms. The molecular weight excluding hydrogens is 469 g/mol. The molecule has 0 saturated carbocycles. The second-order valence-corrected chi connectivity index (χ2v) is 7.12. The Morgan fingerprint density at radius 2 is 1.75 bits per heavy atom. The van der Waals surface area contributed by atoms with E-state index in [1.165, 1.54) is 18.3 Å². The summed E-state index contributed by atoms with van der Waals surface area (Å²) in [6.07, 6.45) is 1.38. The van der Waals surface area contributed by atoms with Gasteiger partial charge in [-0.1, -0.05) is 23.2 Å². The van der Waals surface area contributed by atoms with Crippen LogP contribution in [0.4, 0.5) is 5.69 Å². The standard InChI is InChI=1S/C19H12BrCl2N3O3/c20-17-8-6-14(28-17)10-23-25-18(26)11-1-4-13(5-2-11)24-19(27)15-7-3-12(21)9-16(15)22/h1-10H,(H,24,27)(H,25,26)/b23-10-. The lowest BCUT2D eigenvalue weighted by Gasteiger charge is -2.08. The molecule has 0 aliphatic carbocycles. The molecule has 3 aromatic rings. The molecule has 0 atom stereocenters. The highest BCUT2D eigenvalue weighted by atomic mass is 79.9. The van der Waals surface area contributed by atoms with Crippen molar-refractivity contribution < 1.29 is 14.0 Å². The van der Waals surface area contributed by atoms with Crippen LogP contribution in [0.15, 0.2) is 68.8 Å². The van der Waals surface area contributed by atoms with Gasteiger partial charge in [-0.3, -0.25) is 9.59 Å². The molecule has 142 valence electrons. The van der Waals surface area contributed by atoms with Crippen molar-refractivity contribution in [2.24, 2.45) is 5.10 Å². The zero-order valence-corrected chi connectivity index (χ0v) is 17.2. The van der Waals surface area contributed by atoms with Gasteiger partial charge in [-0.2, -0.15) is 5.10 Å². The van der Waals surface area contributed by atoms with E-state index in [2.05, 4.69) is 31.8 Å². The maximum absolute atomic E-state index is 12.3. The first kappa shape index (κ1) is 20.1. The number of benzene rings is 2. The molecule has 3 rings (SSSR count). The summed E-state index contributed by atoms with van der Waals surface area (Å²) in [6.45, 7) is 0. The third-order valence-corrected chi connectivity index (χ3v) is 4.51. The van der Waals surface area contributed by atoms with Gasteiger partial charge in [0.1, 0.15) is 5.76 Å². The lowest BCUT2D eigenvalue weighted by Crippen LogP contribution is -2.17. The molecule has 6 nitrogen and oxygen atoms in total. The van der Waals surface area contributed by atoms with Gasteiger partial charge in [0.15, 0.2) is 4.67 Å². The Balaban J connectivity index is 1.60. The first-order chi connectivity index (χ1) is 13.4. The number of anilines is 1. The fourth-order valence-corrected chi connectivity index (χ4v) is 3.01. The van der Waals surface area contributed by atoms with Crippen molar-refractivity contribution in [1.29, 1.82) is 0 Å². The Bertz CT molecular complexity index is 1050. The van der Waals surface area contributed by atoms with E-state index in [4.69, 9.17) is 27.6 Å². The van der Waals surface area contributed by atoms with E-state index in [-0.39, 0.29) is 10.9 Å². The Hall–Kier alpha value is -2.61. The minimum atomic E-state index is -0.402. The van der Waals surface area contributed by atoms with Crippen molar-refractivity contribution in [2.45, 2.75) is 0 Å². The lowest BCUT2D eigenvalue weighted by molar-refractivity contribution is 0.0954. The largest absolute Gasteiger partial charge is 0.448 e. The van der Waals surface area contributed by atoms with Gasteiger partial charge >= 0.3 is 0 Å². The van der Waals surface area contributed by atoms with E-state index < -0.39 is 5.91 Å². The summed E-state index contributed by atoms with van der Waals surface area (Å²) in [7, 11) is 0. The van der Waals surface area contributed by atoms with E-state index in [0.29, 0.717) is 32.3 Å². The minimum absolute atomic E-state index is 0.252. The lowest BCUT2D eigenvalue weighted by atomic mass is 10.1. The van der Waals surface area contributed by atoms with Crippen LogP contribution in [0, 0.1) is 0 Å². The normalized spacial score (nSPS) is 10.8. The van der Waals surface area contributed by atoms with Crippen LogP contribution < -0.4 is 10.7 Å². The zero-order chi connectivity index (χ0) is 20.1. The Morgan fingerprint density at radius 3 is 2.39 bits per heavy atom. The van der Waals surface area contributed by atoms with Crippen molar-refractivity contribution in [3.8, 4) is 0 Å². The number of carbonyl (C=O) groups is 2. The molecule has 0 aliphatic heterocycles. The monoisotopic (exact) mass is 479 g/mol. The molecule has 1 aromatic heterocycles. The third kappa shape index (κ3) is 5.22. The summed E-state index contributed by atoms with van der Waals surface area (Å²) in [5.74, 6) is -0.292. The molecule has 2 aromatic carbocycles. The first-order valence-electron chi connectivity index (χ1n) is 7.87. The van der Waals surface area contributed by atoms with Gasteiger partial charge in [0, 0.05) is 16.3 Å². The maximum Gasteiger partial charge on any atom is 0.271 e. The molecule has 0 saturated heterocycles. The van der Waals surface area contributed by atoms with Gasteiger partial charge in [-0.15, -0.1) is 0 Å². The van der Waals surface area contributed by atoms with E-state index in [1.807, 2.05) is 0 Å².